The third-order valence-corrected chi connectivity index (χ3v) is 12.9. The SMILES string of the molecule is CO[C@H]1O[C@H](COCCOCCN=[N+]=[N-])[C@@H](OCCOCCN=[N+]=[N-])[C@H](OCc2cn(CCO[C@H]3O[C@H](COC(C)=O)[C@@H](OC(C)=O)[C@H](OC(C)=O)[C@@H]3OC(C)=O)nn2)[C@H]1OCc1cn(CCO[C@H]2O[C@H](COC(C)=O)[C@@H](OC(C)=O)[C@H](OC(C)=O)[C@@H]2OC(C)=O)nn1. The van der Waals surface area contributed by atoms with Crippen molar-refractivity contribution in [1.82, 2.24) is 30.0 Å². The van der Waals surface area contributed by atoms with Crippen LogP contribution in [-0.4, -0.2) is 263 Å². The van der Waals surface area contributed by atoms with Gasteiger partial charge in [-0.15, -0.1) is 10.2 Å². The summed E-state index contributed by atoms with van der Waals surface area (Å²) >= 11 is 0. The van der Waals surface area contributed by atoms with Gasteiger partial charge < -0.3 is 94.7 Å². The van der Waals surface area contributed by atoms with Gasteiger partial charge in [-0.3, -0.25) is 38.4 Å². The van der Waals surface area contributed by atoms with E-state index < -0.39 is 153 Å². The number of methoxy groups -OCH3 is 1. The summed E-state index contributed by atoms with van der Waals surface area (Å²) in [5.41, 5.74) is 17.9. The number of azide groups is 2. The first kappa shape index (κ1) is 75.9. The normalized spacial score (nSPS) is 25.8. The van der Waals surface area contributed by atoms with Gasteiger partial charge in [0.15, 0.2) is 55.5 Å². The van der Waals surface area contributed by atoms with Crippen LogP contribution in [-0.2, 0) is 159 Å². The quantitative estimate of drug-likeness (QED) is 0.0211. The topological polar surface area (TPSA) is 480 Å². The molecular formula is C53H78N12O28. The second-order valence-electron chi connectivity index (χ2n) is 20.2. The minimum Gasteiger partial charge on any atom is -0.463 e. The predicted molar refractivity (Wildman–Crippen MR) is 299 cm³/mol. The molecule has 0 bridgehead atoms. The molecule has 3 fully saturated rings. The van der Waals surface area contributed by atoms with Gasteiger partial charge >= 0.3 is 47.8 Å². The Balaban J connectivity index is 1.36. The molecule has 518 valence electrons. The second-order valence-corrected chi connectivity index (χ2v) is 20.2. The molecule has 93 heavy (non-hydrogen) atoms. The zero-order valence-corrected chi connectivity index (χ0v) is 52.6. The Hall–Kier alpha value is -7.82. The van der Waals surface area contributed by atoms with Gasteiger partial charge in [-0.25, -0.2) is 9.36 Å². The van der Waals surface area contributed by atoms with Crippen LogP contribution in [0.5, 0.6) is 0 Å². The average Bonchev–Trinajstić information content (AvgIpc) is 1.54. The minimum absolute atomic E-state index is 0.0110. The van der Waals surface area contributed by atoms with Crippen molar-refractivity contribution in [2.45, 2.75) is 174 Å². The first-order valence-electron chi connectivity index (χ1n) is 29.0. The summed E-state index contributed by atoms with van der Waals surface area (Å²) in [6, 6.07) is 0. The number of carbonyl (C=O) groups excluding carboxylic acids is 8. The van der Waals surface area contributed by atoms with Gasteiger partial charge in [-0.05, 0) is 11.1 Å². The van der Waals surface area contributed by atoms with Crippen molar-refractivity contribution < 1.29 is 133 Å². The molecule has 0 N–H and O–H groups in total. The highest BCUT2D eigenvalue weighted by Gasteiger charge is 2.55. The lowest BCUT2D eigenvalue weighted by atomic mass is 9.98. The zero-order valence-electron chi connectivity index (χ0n) is 52.6. The van der Waals surface area contributed by atoms with Crippen molar-refractivity contribution in [1.29, 1.82) is 0 Å². The van der Waals surface area contributed by atoms with E-state index in [0.29, 0.717) is 0 Å². The lowest BCUT2D eigenvalue weighted by Gasteiger charge is -2.45. The van der Waals surface area contributed by atoms with Crippen LogP contribution in [0.1, 0.15) is 66.8 Å². The highest BCUT2D eigenvalue weighted by molar-refractivity contribution is 5.70. The van der Waals surface area contributed by atoms with Crippen molar-refractivity contribution in [3.63, 3.8) is 0 Å². The van der Waals surface area contributed by atoms with Gasteiger partial charge in [0.05, 0.1) is 98.2 Å². The molecule has 0 unspecified atom stereocenters. The summed E-state index contributed by atoms with van der Waals surface area (Å²) in [4.78, 5) is 103. The van der Waals surface area contributed by atoms with E-state index in [1.165, 1.54) is 28.9 Å². The fraction of sp³-hybridized carbons (Fsp3) is 0.774. The van der Waals surface area contributed by atoms with Crippen LogP contribution < -0.4 is 0 Å². The van der Waals surface area contributed by atoms with Crippen molar-refractivity contribution in [2.75, 3.05) is 92.9 Å². The van der Waals surface area contributed by atoms with E-state index in [1.807, 2.05) is 0 Å². The molecule has 5 rings (SSSR count). The number of esters is 8. The molecule has 0 aliphatic carbocycles. The summed E-state index contributed by atoms with van der Waals surface area (Å²) in [5.74, 6) is -6.28. The summed E-state index contributed by atoms with van der Waals surface area (Å²) in [5, 5.41) is 23.9. The maximum absolute atomic E-state index is 12.4. The van der Waals surface area contributed by atoms with E-state index in [2.05, 4.69) is 40.7 Å². The Labute approximate surface area is 531 Å². The Morgan fingerprint density at radius 1 is 0.430 bits per heavy atom. The molecule has 3 aliphatic rings. The van der Waals surface area contributed by atoms with Crippen LogP contribution in [0, 0.1) is 0 Å². The van der Waals surface area contributed by atoms with Crippen molar-refractivity contribution in [3.8, 4) is 0 Å². The van der Waals surface area contributed by atoms with Gasteiger partial charge in [0.1, 0.15) is 61.2 Å². The van der Waals surface area contributed by atoms with Gasteiger partial charge in [0.25, 0.3) is 0 Å². The van der Waals surface area contributed by atoms with E-state index >= 15 is 0 Å². The fourth-order valence-corrected chi connectivity index (χ4v) is 9.40. The fourth-order valence-electron chi connectivity index (χ4n) is 9.40. The maximum Gasteiger partial charge on any atom is 0.303 e. The molecular weight excluding hydrogens is 1250 g/mol. The molecule has 15 atom stereocenters. The lowest BCUT2D eigenvalue weighted by Crippen LogP contribution is -2.63. The summed E-state index contributed by atoms with van der Waals surface area (Å²) in [7, 11) is 1.38. The maximum atomic E-state index is 12.4. The third kappa shape index (κ3) is 26.2. The van der Waals surface area contributed by atoms with E-state index in [0.717, 1.165) is 55.4 Å². The van der Waals surface area contributed by atoms with Crippen LogP contribution in [0.4, 0.5) is 0 Å². The van der Waals surface area contributed by atoms with E-state index in [1.54, 1.807) is 0 Å². The van der Waals surface area contributed by atoms with Crippen LogP contribution in [0.2, 0.25) is 0 Å². The van der Waals surface area contributed by atoms with E-state index in [9.17, 15) is 38.4 Å². The Morgan fingerprint density at radius 2 is 0.817 bits per heavy atom. The molecule has 3 saturated heterocycles. The standard InChI is InChI=1S/C53H78N12O28/c1-29(66)81-27-40-43(85-31(3)68)46(87-33(5)70)49(89-35(7)72)52(92-40)79-16-12-64-22-37(58-62-64)24-83-45-42(78-21-20-76-15-11-57-61-55)39(26-77-19-18-75-14-10-56-60-54)91-51(74-9)48(45)84-25-38-23-65(63-59-38)13-17-80-53-50(90-36(8)73)47(88-34(6)71)44(86-32(4)69)41(93-53)28-82-30(2)67/h22-23,39-53H,10-21,24-28H2,1-9H3/t39-,40-,41-,42-,43-,44-,45+,46+,47+,48-,49+,50+,51+,52+,53+/m1/s1. The van der Waals surface area contributed by atoms with E-state index in [-0.39, 0.29) is 110 Å². The molecule has 5 heterocycles. The van der Waals surface area contributed by atoms with Gasteiger partial charge in [-0.1, -0.05) is 20.7 Å². The molecule has 0 amide bonds. The highest BCUT2D eigenvalue weighted by Crippen LogP contribution is 2.33. The molecule has 0 saturated carbocycles. The van der Waals surface area contributed by atoms with Crippen molar-refractivity contribution in [2.24, 2.45) is 10.2 Å². The molecule has 40 heteroatoms. The van der Waals surface area contributed by atoms with Crippen LogP contribution in [0.15, 0.2) is 22.6 Å². The van der Waals surface area contributed by atoms with Crippen molar-refractivity contribution in [3.05, 3.63) is 44.7 Å². The number of nitrogens with zero attached hydrogens (tertiary/aromatic N) is 12. The second kappa shape index (κ2) is 40.3. The number of hydrogen-bond donors (Lipinski definition) is 0. The number of hydrogen-bond acceptors (Lipinski definition) is 34. The monoisotopic (exact) mass is 1330 g/mol. The molecule has 3 aliphatic heterocycles. The zero-order chi connectivity index (χ0) is 67.8. The summed E-state index contributed by atoms with van der Waals surface area (Å²) in [6.07, 6.45) is -16.3. The molecule has 2 aromatic heterocycles. The number of carbonyl (C=O) groups is 8. The number of aromatic nitrogens is 6. The molecule has 40 nitrogen and oxygen atoms in total. The summed E-state index contributed by atoms with van der Waals surface area (Å²) < 4.78 is 119. The minimum atomic E-state index is -1.47. The van der Waals surface area contributed by atoms with Crippen LogP contribution in [0.25, 0.3) is 20.9 Å². The van der Waals surface area contributed by atoms with Crippen LogP contribution >= 0.6 is 0 Å². The molecule has 0 radical (unpaired) electrons. The first-order chi connectivity index (χ1) is 44.6. The summed E-state index contributed by atoms with van der Waals surface area (Å²) in [6.45, 7) is 7.51. The predicted octanol–water partition coefficient (Wildman–Crippen LogP) is -0.0335. The number of rotatable bonds is 40. The largest absolute Gasteiger partial charge is 0.463 e. The van der Waals surface area contributed by atoms with Gasteiger partial charge in [0, 0.05) is 85.4 Å². The Kier molecular flexibility index (Phi) is 32.9. The van der Waals surface area contributed by atoms with Gasteiger partial charge in [0.2, 0.25) is 0 Å². The Bertz CT molecular complexity index is 2820. The molecule has 2 aromatic rings. The van der Waals surface area contributed by atoms with Gasteiger partial charge in [-0.2, -0.15) is 0 Å². The smallest absolute Gasteiger partial charge is 0.303 e. The van der Waals surface area contributed by atoms with E-state index in [4.69, 9.17) is 106 Å². The molecule has 0 spiro atoms. The van der Waals surface area contributed by atoms with Crippen LogP contribution in [0.3, 0.4) is 0 Å². The highest BCUT2D eigenvalue weighted by atomic mass is 16.8. The average molecular weight is 1330 g/mol. The number of ether oxygens (including phenoxy) is 20. The first-order valence-corrected chi connectivity index (χ1v) is 29.0. The Morgan fingerprint density at radius 3 is 1.24 bits per heavy atom. The van der Waals surface area contributed by atoms with Crippen molar-refractivity contribution >= 4 is 47.8 Å². The lowest BCUT2D eigenvalue weighted by molar-refractivity contribution is -0.322. The molecule has 0 aromatic carbocycles. The third-order valence-electron chi connectivity index (χ3n) is 12.9.